The Balaban J connectivity index is 1.36. The molecule has 0 atom stereocenters. The first-order chi connectivity index (χ1) is 12.6. The van der Waals surface area contributed by atoms with Gasteiger partial charge in [-0.25, -0.2) is 0 Å². The van der Waals surface area contributed by atoms with Crippen LogP contribution in [0, 0.1) is 0 Å². The number of amides is 1. The standard InChI is InChI=1S/C19H21Cl2N3O2/c20-15-6-5-13(11-16(15)21)12-23-7-9-24(10-8-23)19(25)18-14-3-1-2-4-17(14)26-22-18/h5-6,11H,1-4,7-10,12H2. The zero-order chi connectivity index (χ0) is 18.1. The van der Waals surface area contributed by atoms with Crippen LogP contribution in [0.3, 0.4) is 0 Å². The molecule has 5 nitrogen and oxygen atoms in total. The quantitative estimate of drug-likeness (QED) is 0.794. The van der Waals surface area contributed by atoms with E-state index in [0.29, 0.717) is 28.8 Å². The zero-order valence-electron chi connectivity index (χ0n) is 14.5. The summed E-state index contributed by atoms with van der Waals surface area (Å²) in [6, 6.07) is 5.73. The second-order valence-electron chi connectivity index (χ2n) is 6.96. The summed E-state index contributed by atoms with van der Waals surface area (Å²) in [6.45, 7) is 3.85. The number of hydrogen-bond acceptors (Lipinski definition) is 4. The summed E-state index contributed by atoms with van der Waals surface area (Å²) in [7, 11) is 0. The van der Waals surface area contributed by atoms with Crippen LogP contribution >= 0.6 is 23.2 Å². The summed E-state index contributed by atoms with van der Waals surface area (Å²) in [5.74, 6) is 0.906. The fraction of sp³-hybridized carbons (Fsp3) is 0.474. The Morgan fingerprint density at radius 2 is 1.85 bits per heavy atom. The van der Waals surface area contributed by atoms with Crippen LogP contribution in [0.15, 0.2) is 22.7 Å². The lowest BCUT2D eigenvalue weighted by atomic mass is 9.96. The number of piperazine rings is 1. The first-order valence-electron chi connectivity index (χ1n) is 9.05. The Bertz CT molecular complexity index is 813. The lowest BCUT2D eigenvalue weighted by molar-refractivity contribution is 0.0617. The van der Waals surface area contributed by atoms with Crippen molar-refractivity contribution in [3.8, 4) is 0 Å². The third-order valence-corrected chi connectivity index (χ3v) is 5.94. The molecule has 0 spiro atoms. The number of rotatable bonds is 3. The van der Waals surface area contributed by atoms with E-state index in [4.69, 9.17) is 27.7 Å². The second-order valence-corrected chi connectivity index (χ2v) is 7.77. The van der Waals surface area contributed by atoms with Gasteiger partial charge in [0, 0.05) is 44.7 Å². The molecule has 0 unspecified atom stereocenters. The summed E-state index contributed by atoms with van der Waals surface area (Å²) >= 11 is 12.1. The lowest BCUT2D eigenvalue weighted by Crippen LogP contribution is -2.48. The van der Waals surface area contributed by atoms with E-state index in [9.17, 15) is 4.79 Å². The molecule has 1 amide bonds. The van der Waals surface area contributed by atoms with Crippen molar-refractivity contribution in [2.75, 3.05) is 26.2 Å². The number of carbonyl (C=O) groups is 1. The van der Waals surface area contributed by atoms with Gasteiger partial charge in [-0.05, 0) is 37.0 Å². The van der Waals surface area contributed by atoms with E-state index in [-0.39, 0.29) is 5.91 Å². The average molecular weight is 394 g/mol. The topological polar surface area (TPSA) is 49.6 Å². The highest BCUT2D eigenvalue weighted by molar-refractivity contribution is 6.42. The number of nitrogens with zero attached hydrogens (tertiary/aromatic N) is 3. The van der Waals surface area contributed by atoms with Gasteiger partial charge in [-0.3, -0.25) is 9.69 Å². The third kappa shape index (κ3) is 3.61. The number of aromatic nitrogens is 1. The van der Waals surface area contributed by atoms with E-state index < -0.39 is 0 Å². The van der Waals surface area contributed by atoms with Gasteiger partial charge in [-0.1, -0.05) is 34.4 Å². The molecule has 7 heteroatoms. The van der Waals surface area contributed by atoms with Crippen LogP contribution < -0.4 is 0 Å². The third-order valence-electron chi connectivity index (χ3n) is 5.20. The minimum atomic E-state index is 0.00564. The van der Waals surface area contributed by atoms with Crippen LogP contribution in [0.2, 0.25) is 10.0 Å². The molecule has 1 aliphatic carbocycles. The minimum Gasteiger partial charge on any atom is -0.360 e. The molecule has 2 heterocycles. The van der Waals surface area contributed by atoms with Crippen LogP contribution in [0.5, 0.6) is 0 Å². The van der Waals surface area contributed by atoms with Gasteiger partial charge in [0.05, 0.1) is 10.0 Å². The molecule has 138 valence electrons. The maximum Gasteiger partial charge on any atom is 0.276 e. The molecular formula is C19H21Cl2N3O2. The van der Waals surface area contributed by atoms with Gasteiger partial charge in [-0.2, -0.15) is 0 Å². The summed E-state index contributed by atoms with van der Waals surface area (Å²) in [4.78, 5) is 17.0. The Kier molecular flexibility index (Phi) is 5.20. The van der Waals surface area contributed by atoms with Gasteiger partial charge in [0.2, 0.25) is 0 Å². The average Bonchev–Trinajstić information content (AvgIpc) is 3.09. The highest BCUT2D eigenvalue weighted by Crippen LogP contribution is 2.26. The molecule has 1 fully saturated rings. The summed E-state index contributed by atoms with van der Waals surface area (Å²) in [5, 5.41) is 5.22. The fourth-order valence-corrected chi connectivity index (χ4v) is 4.03. The molecule has 26 heavy (non-hydrogen) atoms. The molecule has 0 bridgehead atoms. The second kappa shape index (κ2) is 7.59. The summed E-state index contributed by atoms with van der Waals surface area (Å²) in [5.41, 5.74) is 2.68. The van der Waals surface area contributed by atoms with Gasteiger partial charge < -0.3 is 9.42 Å². The number of benzene rings is 1. The monoisotopic (exact) mass is 393 g/mol. The summed E-state index contributed by atoms with van der Waals surface area (Å²) < 4.78 is 5.39. The highest BCUT2D eigenvalue weighted by Gasteiger charge is 2.29. The first kappa shape index (κ1) is 17.8. The van der Waals surface area contributed by atoms with Crippen molar-refractivity contribution in [1.29, 1.82) is 0 Å². The molecule has 1 aromatic heterocycles. The van der Waals surface area contributed by atoms with Gasteiger partial charge in [0.25, 0.3) is 5.91 Å². The van der Waals surface area contributed by atoms with Crippen molar-refractivity contribution in [2.45, 2.75) is 32.2 Å². The molecule has 0 N–H and O–H groups in total. The van der Waals surface area contributed by atoms with Crippen molar-refractivity contribution in [3.05, 3.63) is 50.8 Å². The molecule has 1 aromatic carbocycles. The highest BCUT2D eigenvalue weighted by atomic mass is 35.5. The maximum absolute atomic E-state index is 12.8. The maximum atomic E-state index is 12.8. The lowest BCUT2D eigenvalue weighted by Gasteiger charge is -2.34. The number of hydrogen-bond donors (Lipinski definition) is 0. The molecule has 2 aromatic rings. The van der Waals surface area contributed by atoms with E-state index in [1.54, 1.807) is 0 Å². The Labute approximate surface area is 162 Å². The van der Waals surface area contributed by atoms with Crippen LogP contribution in [-0.2, 0) is 19.4 Å². The van der Waals surface area contributed by atoms with Gasteiger partial charge in [0.1, 0.15) is 5.76 Å². The van der Waals surface area contributed by atoms with Crippen LogP contribution in [0.25, 0.3) is 0 Å². The number of carbonyl (C=O) groups excluding carboxylic acids is 1. The number of halogens is 2. The predicted octanol–water partition coefficient (Wildman–Crippen LogP) is 3.82. The first-order valence-corrected chi connectivity index (χ1v) is 9.80. The Morgan fingerprint density at radius 3 is 2.62 bits per heavy atom. The van der Waals surface area contributed by atoms with E-state index in [2.05, 4.69) is 10.1 Å². The Hall–Kier alpha value is -1.56. The fourth-order valence-electron chi connectivity index (χ4n) is 3.71. The Morgan fingerprint density at radius 1 is 1.08 bits per heavy atom. The van der Waals surface area contributed by atoms with E-state index in [1.165, 1.54) is 0 Å². The predicted molar refractivity (Wildman–Crippen MR) is 101 cm³/mol. The molecule has 4 rings (SSSR count). The van der Waals surface area contributed by atoms with Crippen LogP contribution in [0.1, 0.15) is 40.2 Å². The van der Waals surface area contributed by atoms with Crippen molar-refractivity contribution in [3.63, 3.8) is 0 Å². The van der Waals surface area contributed by atoms with Crippen LogP contribution in [0.4, 0.5) is 0 Å². The number of fused-ring (bicyclic) bond motifs is 1. The summed E-state index contributed by atoms with van der Waals surface area (Å²) in [6.07, 6.45) is 4.01. The molecule has 2 aliphatic rings. The normalized spacial score (nSPS) is 18.0. The zero-order valence-corrected chi connectivity index (χ0v) is 16.0. The minimum absolute atomic E-state index is 0.00564. The largest absolute Gasteiger partial charge is 0.360 e. The number of aryl methyl sites for hydroxylation is 1. The van der Waals surface area contributed by atoms with Gasteiger partial charge in [0.15, 0.2) is 5.69 Å². The molecule has 0 radical (unpaired) electrons. The van der Waals surface area contributed by atoms with Crippen molar-refractivity contribution < 1.29 is 9.32 Å². The molecule has 0 saturated carbocycles. The van der Waals surface area contributed by atoms with Crippen molar-refractivity contribution in [1.82, 2.24) is 15.0 Å². The van der Waals surface area contributed by atoms with Gasteiger partial charge >= 0.3 is 0 Å². The van der Waals surface area contributed by atoms with Crippen molar-refractivity contribution >= 4 is 29.1 Å². The van der Waals surface area contributed by atoms with Crippen LogP contribution in [-0.4, -0.2) is 47.0 Å². The van der Waals surface area contributed by atoms with Gasteiger partial charge in [-0.15, -0.1) is 0 Å². The smallest absolute Gasteiger partial charge is 0.276 e. The SMILES string of the molecule is O=C(c1noc2c1CCCC2)N1CCN(Cc2ccc(Cl)c(Cl)c2)CC1. The molecule has 1 saturated heterocycles. The van der Waals surface area contributed by atoms with E-state index in [1.807, 2.05) is 23.1 Å². The van der Waals surface area contributed by atoms with Crippen molar-refractivity contribution in [2.24, 2.45) is 0 Å². The molecular weight excluding hydrogens is 373 g/mol. The van der Waals surface area contributed by atoms with E-state index in [0.717, 1.165) is 62.2 Å². The molecule has 1 aliphatic heterocycles. The van der Waals surface area contributed by atoms with E-state index >= 15 is 0 Å².